The lowest BCUT2D eigenvalue weighted by molar-refractivity contribution is -0.246. The van der Waals surface area contributed by atoms with Gasteiger partial charge in [-0.2, -0.15) is 0 Å². The van der Waals surface area contributed by atoms with Gasteiger partial charge in [-0.05, 0) is 29.4 Å². The molecule has 2 aliphatic rings. The van der Waals surface area contributed by atoms with Crippen LogP contribution in [0.4, 0.5) is 0 Å². The highest BCUT2D eigenvalue weighted by molar-refractivity contribution is 5.27. The highest BCUT2D eigenvalue weighted by atomic mass is 16.7. The fraction of sp³-hybridized carbons (Fsp3) is 0.700. The Morgan fingerprint density at radius 1 is 0.957 bits per heavy atom. The monoisotopic (exact) mass is 317 g/mol. The van der Waals surface area contributed by atoms with Gasteiger partial charge in [-0.1, -0.05) is 45.0 Å². The molecule has 0 saturated carbocycles. The highest BCUT2D eigenvalue weighted by Gasteiger charge is 2.37. The fourth-order valence-electron chi connectivity index (χ4n) is 3.47. The first kappa shape index (κ1) is 16.9. The molecule has 3 rings (SSSR count). The van der Waals surface area contributed by atoms with E-state index in [0.717, 1.165) is 58.5 Å². The van der Waals surface area contributed by atoms with Crippen LogP contribution in [-0.2, 0) is 21.4 Å². The van der Waals surface area contributed by atoms with Crippen LogP contribution in [0.25, 0.3) is 0 Å². The third kappa shape index (κ3) is 4.34. The first-order valence-corrected chi connectivity index (χ1v) is 9.07. The Morgan fingerprint density at radius 2 is 1.52 bits per heavy atom. The quantitative estimate of drug-likeness (QED) is 0.819. The Labute approximate surface area is 141 Å². The van der Waals surface area contributed by atoms with E-state index in [0.29, 0.717) is 0 Å². The van der Waals surface area contributed by atoms with Gasteiger partial charge in [-0.3, -0.25) is 4.90 Å². The Bertz CT molecular complexity index is 485. The standard InChI is InChI=1S/C20H31NO2/c1-19(2,3)18-8-6-17(7-9-18)16-21-12-10-20(11-13-21)22-14-4-5-15-23-20/h6-9H,4-5,10-16H2,1-3H3. The Balaban J connectivity index is 1.54. The van der Waals surface area contributed by atoms with Crippen molar-refractivity contribution in [2.24, 2.45) is 0 Å². The summed E-state index contributed by atoms with van der Waals surface area (Å²) in [5, 5.41) is 0. The molecule has 1 aromatic carbocycles. The summed E-state index contributed by atoms with van der Waals surface area (Å²) in [7, 11) is 0. The maximum atomic E-state index is 6.03. The SMILES string of the molecule is CC(C)(C)c1ccc(CN2CCC3(CC2)OCCCCO3)cc1. The molecule has 1 aromatic rings. The number of likely N-dealkylation sites (tertiary alicyclic amines) is 1. The first-order valence-electron chi connectivity index (χ1n) is 9.07. The predicted octanol–water partition coefficient (Wildman–Crippen LogP) is 4.10. The van der Waals surface area contributed by atoms with Crippen molar-refractivity contribution in [3.8, 4) is 0 Å². The molecule has 3 nitrogen and oxygen atoms in total. The number of hydrogen-bond donors (Lipinski definition) is 0. The normalized spacial score (nSPS) is 22.9. The smallest absolute Gasteiger partial charge is 0.170 e. The van der Waals surface area contributed by atoms with Gasteiger partial charge in [0.05, 0.1) is 13.2 Å². The van der Waals surface area contributed by atoms with E-state index >= 15 is 0 Å². The number of hydrogen-bond acceptors (Lipinski definition) is 3. The Hall–Kier alpha value is -0.900. The van der Waals surface area contributed by atoms with Crippen LogP contribution in [-0.4, -0.2) is 37.0 Å². The molecule has 0 unspecified atom stereocenters. The number of benzene rings is 1. The molecule has 0 atom stereocenters. The molecule has 0 aromatic heterocycles. The van der Waals surface area contributed by atoms with Crippen LogP contribution in [0.1, 0.15) is 57.6 Å². The number of ether oxygens (including phenoxy) is 2. The van der Waals surface area contributed by atoms with E-state index in [9.17, 15) is 0 Å². The van der Waals surface area contributed by atoms with Crippen molar-refractivity contribution >= 4 is 0 Å². The van der Waals surface area contributed by atoms with E-state index in [1.165, 1.54) is 11.1 Å². The van der Waals surface area contributed by atoms with Gasteiger partial charge < -0.3 is 9.47 Å². The maximum absolute atomic E-state index is 6.03. The highest BCUT2D eigenvalue weighted by Crippen LogP contribution is 2.31. The average Bonchev–Trinajstić information content (AvgIpc) is 2.75. The fourth-order valence-corrected chi connectivity index (χ4v) is 3.47. The molecule has 1 spiro atoms. The van der Waals surface area contributed by atoms with Gasteiger partial charge in [0.2, 0.25) is 0 Å². The molecule has 0 amide bonds. The van der Waals surface area contributed by atoms with Gasteiger partial charge in [0.1, 0.15) is 0 Å². The van der Waals surface area contributed by atoms with Gasteiger partial charge in [0, 0.05) is 32.5 Å². The van der Waals surface area contributed by atoms with Crippen molar-refractivity contribution in [2.75, 3.05) is 26.3 Å². The summed E-state index contributed by atoms with van der Waals surface area (Å²) in [6, 6.07) is 9.11. The number of rotatable bonds is 2. The largest absolute Gasteiger partial charge is 0.350 e. The van der Waals surface area contributed by atoms with Crippen LogP contribution in [0.3, 0.4) is 0 Å². The van der Waals surface area contributed by atoms with Gasteiger partial charge in [0.15, 0.2) is 5.79 Å². The van der Waals surface area contributed by atoms with E-state index in [1.807, 2.05) is 0 Å². The van der Waals surface area contributed by atoms with Crippen molar-refractivity contribution in [1.82, 2.24) is 4.90 Å². The lowest BCUT2D eigenvalue weighted by Gasteiger charge is -2.40. The molecular formula is C20H31NO2. The summed E-state index contributed by atoms with van der Waals surface area (Å²) >= 11 is 0. The molecule has 2 heterocycles. The van der Waals surface area contributed by atoms with E-state index in [1.54, 1.807) is 0 Å². The van der Waals surface area contributed by atoms with Crippen LogP contribution >= 0.6 is 0 Å². The van der Waals surface area contributed by atoms with E-state index < -0.39 is 0 Å². The van der Waals surface area contributed by atoms with Crippen molar-refractivity contribution in [1.29, 1.82) is 0 Å². The summed E-state index contributed by atoms with van der Waals surface area (Å²) in [6.45, 7) is 11.6. The summed E-state index contributed by atoms with van der Waals surface area (Å²) < 4.78 is 12.1. The second-order valence-corrected chi connectivity index (χ2v) is 8.04. The van der Waals surface area contributed by atoms with Crippen LogP contribution in [0.15, 0.2) is 24.3 Å². The lowest BCUT2D eigenvalue weighted by atomic mass is 9.86. The van der Waals surface area contributed by atoms with Crippen LogP contribution in [0.5, 0.6) is 0 Å². The molecule has 0 aliphatic carbocycles. The van der Waals surface area contributed by atoms with Crippen molar-refractivity contribution < 1.29 is 9.47 Å². The Kier molecular flexibility index (Phi) is 5.10. The van der Waals surface area contributed by atoms with Crippen molar-refractivity contribution in [3.05, 3.63) is 35.4 Å². The third-order valence-corrected chi connectivity index (χ3v) is 5.11. The lowest BCUT2D eigenvalue weighted by Crippen LogP contribution is -2.47. The van der Waals surface area contributed by atoms with Crippen molar-refractivity contribution in [3.63, 3.8) is 0 Å². The van der Waals surface area contributed by atoms with E-state index in [4.69, 9.17) is 9.47 Å². The average molecular weight is 317 g/mol. The number of piperidine rings is 1. The summed E-state index contributed by atoms with van der Waals surface area (Å²) in [4.78, 5) is 2.52. The minimum absolute atomic E-state index is 0.226. The zero-order valence-electron chi connectivity index (χ0n) is 14.9. The first-order chi connectivity index (χ1) is 11.0. The second-order valence-electron chi connectivity index (χ2n) is 8.04. The van der Waals surface area contributed by atoms with Crippen molar-refractivity contribution in [2.45, 2.75) is 64.2 Å². The summed E-state index contributed by atoms with van der Waals surface area (Å²) in [5.41, 5.74) is 3.03. The number of nitrogens with zero attached hydrogens (tertiary/aromatic N) is 1. The second kappa shape index (κ2) is 6.92. The molecule has 2 fully saturated rings. The minimum Gasteiger partial charge on any atom is -0.350 e. The molecule has 0 bridgehead atoms. The molecule has 128 valence electrons. The van der Waals surface area contributed by atoms with Gasteiger partial charge in [-0.15, -0.1) is 0 Å². The van der Waals surface area contributed by atoms with Crippen LogP contribution < -0.4 is 0 Å². The topological polar surface area (TPSA) is 21.7 Å². The molecule has 3 heteroatoms. The minimum atomic E-state index is -0.289. The Morgan fingerprint density at radius 3 is 2.04 bits per heavy atom. The molecule has 23 heavy (non-hydrogen) atoms. The third-order valence-electron chi connectivity index (χ3n) is 5.11. The van der Waals surface area contributed by atoms with Gasteiger partial charge in [-0.25, -0.2) is 0 Å². The summed E-state index contributed by atoms with van der Waals surface area (Å²) in [5.74, 6) is -0.289. The maximum Gasteiger partial charge on any atom is 0.170 e. The van der Waals surface area contributed by atoms with Gasteiger partial charge in [0.25, 0.3) is 0 Å². The zero-order valence-corrected chi connectivity index (χ0v) is 14.9. The van der Waals surface area contributed by atoms with Gasteiger partial charge >= 0.3 is 0 Å². The summed E-state index contributed by atoms with van der Waals surface area (Å²) in [6.07, 6.45) is 4.25. The van der Waals surface area contributed by atoms with E-state index in [2.05, 4.69) is 49.9 Å². The molecular weight excluding hydrogens is 286 g/mol. The van der Waals surface area contributed by atoms with Crippen LogP contribution in [0, 0.1) is 0 Å². The van der Waals surface area contributed by atoms with Crippen LogP contribution in [0.2, 0.25) is 0 Å². The molecule has 2 aliphatic heterocycles. The molecule has 2 saturated heterocycles. The van der Waals surface area contributed by atoms with E-state index in [-0.39, 0.29) is 11.2 Å². The zero-order chi connectivity index (χ0) is 16.3. The molecule has 0 radical (unpaired) electrons. The predicted molar refractivity (Wildman–Crippen MR) is 93.5 cm³/mol. The molecule has 0 N–H and O–H groups in total.